The second-order valence-corrected chi connectivity index (χ2v) is 10.2. The van der Waals surface area contributed by atoms with Gasteiger partial charge in [-0.3, -0.25) is 14.6 Å². The van der Waals surface area contributed by atoms with Crippen LogP contribution >= 0.6 is 0 Å². The van der Waals surface area contributed by atoms with Crippen LogP contribution in [-0.4, -0.2) is 79.8 Å². The van der Waals surface area contributed by atoms with E-state index in [0.29, 0.717) is 54.5 Å². The number of aliphatic imine (C=N–C) groups is 1. The van der Waals surface area contributed by atoms with Gasteiger partial charge in [-0.2, -0.15) is 5.10 Å². The molecule has 1 saturated heterocycles. The van der Waals surface area contributed by atoms with Crippen molar-refractivity contribution in [2.24, 2.45) is 4.99 Å². The molecule has 1 aliphatic heterocycles. The maximum atomic E-state index is 13.8. The highest BCUT2D eigenvalue weighted by molar-refractivity contribution is 6.11. The fraction of sp³-hybridized carbons (Fsp3) is 0.188. The topological polar surface area (TPSA) is 128 Å². The number of benzene rings is 3. The summed E-state index contributed by atoms with van der Waals surface area (Å²) in [5.41, 5.74) is 4.40. The highest BCUT2D eigenvalue weighted by atomic mass is 19.1. The van der Waals surface area contributed by atoms with Gasteiger partial charge in [0.2, 0.25) is 0 Å². The van der Waals surface area contributed by atoms with Crippen LogP contribution < -0.4 is 5.56 Å². The first-order valence-electron chi connectivity index (χ1n) is 13.9. The van der Waals surface area contributed by atoms with Gasteiger partial charge in [-0.05, 0) is 54.1 Å². The average molecular weight is 594 g/mol. The van der Waals surface area contributed by atoms with E-state index in [1.165, 1.54) is 28.9 Å². The molecule has 1 aliphatic rings. The smallest absolute Gasteiger partial charge is 0.267 e. The van der Waals surface area contributed by atoms with Gasteiger partial charge in [0, 0.05) is 49.0 Å². The van der Waals surface area contributed by atoms with E-state index in [0.717, 1.165) is 22.9 Å². The number of carbonyl (C=O) groups is 1. The van der Waals surface area contributed by atoms with E-state index in [1.54, 1.807) is 35.0 Å². The zero-order chi connectivity index (χ0) is 30.6. The number of rotatable bonds is 7. The molecule has 0 spiro atoms. The Labute approximate surface area is 251 Å². The molecule has 12 heteroatoms. The number of phenols is 1. The first-order chi connectivity index (χ1) is 21.4. The van der Waals surface area contributed by atoms with Gasteiger partial charge in [0.15, 0.2) is 0 Å². The van der Waals surface area contributed by atoms with Gasteiger partial charge >= 0.3 is 0 Å². The number of halogens is 1. The zero-order valence-corrected chi connectivity index (χ0v) is 23.8. The third-order valence-electron chi connectivity index (χ3n) is 7.21. The fourth-order valence-corrected chi connectivity index (χ4v) is 5.02. The number of amides is 1. The van der Waals surface area contributed by atoms with Gasteiger partial charge in [0.05, 0.1) is 43.0 Å². The van der Waals surface area contributed by atoms with Crippen molar-refractivity contribution in [1.82, 2.24) is 29.7 Å². The molecule has 1 N–H and O–H groups in total. The molecule has 0 aliphatic carbocycles. The monoisotopic (exact) mass is 593 g/mol. The Kier molecular flexibility index (Phi) is 8.06. The van der Waals surface area contributed by atoms with Crippen LogP contribution in [-0.2, 0) is 11.3 Å². The summed E-state index contributed by atoms with van der Waals surface area (Å²) in [6.07, 6.45) is 1.76. The van der Waals surface area contributed by atoms with Gasteiger partial charge in [-0.15, -0.1) is 5.10 Å². The Bertz CT molecular complexity index is 1890. The van der Waals surface area contributed by atoms with Crippen LogP contribution in [0, 0.1) is 5.82 Å². The van der Waals surface area contributed by atoms with Gasteiger partial charge in [0.1, 0.15) is 17.3 Å². The molecular formula is C32H28FN7O4. The number of carbonyl (C=O) groups excluding carboxylic acids is 1. The largest absolute Gasteiger partial charge is 0.508 e. The van der Waals surface area contributed by atoms with Crippen LogP contribution in [0.15, 0.2) is 94.8 Å². The number of nitrogens with zero attached hydrogens (tertiary/aromatic N) is 7. The van der Waals surface area contributed by atoms with Crippen LogP contribution in [0.5, 0.6) is 5.75 Å². The van der Waals surface area contributed by atoms with Crippen molar-refractivity contribution in [2.75, 3.05) is 33.4 Å². The standard InChI is InChI=1S/C32H28FN7O4/c1-34-31(29-20-39(37-35-29)26-7-5-22(6-8-26)32(43)38-11-13-44-14-12-38)23-4-2-3-21(15-23)19-40-30(42)10-9-28(36-40)24-16-25(33)18-27(41)17-24/h2-10,15-18,20,41H,11-14,19H2,1H3/b34-31+. The second kappa shape index (κ2) is 12.4. The molecule has 0 saturated carbocycles. The molecule has 0 bridgehead atoms. The zero-order valence-electron chi connectivity index (χ0n) is 23.8. The predicted octanol–water partition coefficient (Wildman–Crippen LogP) is 3.32. The molecule has 6 rings (SSSR count). The minimum atomic E-state index is -0.605. The SMILES string of the molecule is C/N=C(\c1cccc(Cn2nc(-c3cc(O)cc(F)c3)ccc2=O)c1)c1cn(-c2ccc(C(=O)N3CCOCC3)cc2)nn1. The molecule has 2 aromatic heterocycles. The van der Waals surface area contributed by atoms with E-state index in [-0.39, 0.29) is 23.8 Å². The number of hydrogen-bond donors (Lipinski definition) is 1. The molecule has 3 aromatic carbocycles. The highest BCUT2D eigenvalue weighted by Crippen LogP contribution is 2.23. The summed E-state index contributed by atoms with van der Waals surface area (Å²) in [7, 11) is 1.66. The van der Waals surface area contributed by atoms with Gasteiger partial charge in [-0.1, -0.05) is 23.4 Å². The Morgan fingerprint density at radius 3 is 2.55 bits per heavy atom. The Balaban J connectivity index is 1.20. The van der Waals surface area contributed by atoms with Crippen LogP contribution in [0.1, 0.15) is 27.2 Å². The molecular weight excluding hydrogens is 565 g/mol. The molecule has 11 nitrogen and oxygen atoms in total. The molecule has 3 heterocycles. The Morgan fingerprint density at radius 2 is 1.80 bits per heavy atom. The van der Waals surface area contributed by atoms with Crippen molar-refractivity contribution in [3.05, 3.63) is 124 Å². The van der Waals surface area contributed by atoms with Gasteiger partial charge in [-0.25, -0.2) is 13.8 Å². The minimum Gasteiger partial charge on any atom is -0.508 e. The lowest BCUT2D eigenvalue weighted by atomic mass is 10.0. The van der Waals surface area contributed by atoms with E-state index in [4.69, 9.17) is 4.74 Å². The lowest BCUT2D eigenvalue weighted by molar-refractivity contribution is 0.0303. The Hall–Kier alpha value is -5.49. The second-order valence-electron chi connectivity index (χ2n) is 10.2. The van der Waals surface area contributed by atoms with Gasteiger partial charge in [0.25, 0.3) is 11.5 Å². The average Bonchev–Trinajstić information content (AvgIpc) is 3.52. The van der Waals surface area contributed by atoms with E-state index in [1.807, 2.05) is 36.4 Å². The summed E-state index contributed by atoms with van der Waals surface area (Å²) in [4.78, 5) is 31.6. The summed E-state index contributed by atoms with van der Waals surface area (Å²) in [5.74, 6) is -0.866. The maximum Gasteiger partial charge on any atom is 0.267 e. The third-order valence-corrected chi connectivity index (χ3v) is 7.21. The number of aromatic nitrogens is 5. The summed E-state index contributed by atoms with van der Waals surface area (Å²) in [6, 6.07) is 21.2. The summed E-state index contributed by atoms with van der Waals surface area (Å²) < 4.78 is 22.1. The molecule has 1 fully saturated rings. The van der Waals surface area contributed by atoms with E-state index in [9.17, 15) is 19.1 Å². The van der Waals surface area contributed by atoms with Crippen molar-refractivity contribution in [1.29, 1.82) is 0 Å². The number of hydrogen-bond acceptors (Lipinski definition) is 8. The van der Waals surface area contributed by atoms with Crippen molar-refractivity contribution in [3.63, 3.8) is 0 Å². The fourth-order valence-electron chi connectivity index (χ4n) is 5.02. The lowest BCUT2D eigenvalue weighted by Gasteiger charge is -2.26. The van der Waals surface area contributed by atoms with Crippen LogP contribution in [0.3, 0.4) is 0 Å². The third kappa shape index (κ3) is 6.15. The molecule has 0 radical (unpaired) electrons. The first kappa shape index (κ1) is 28.6. The van der Waals surface area contributed by atoms with Crippen LogP contribution in [0.2, 0.25) is 0 Å². The van der Waals surface area contributed by atoms with Crippen LogP contribution in [0.25, 0.3) is 16.9 Å². The number of morpholine rings is 1. The number of aromatic hydroxyl groups is 1. The van der Waals surface area contributed by atoms with Crippen molar-refractivity contribution in [2.45, 2.75) is 6.54 Å². The normalized spacial score (nSPS) is 13.7. The highest BCUT2D eigenvalue weighted by Gasteiger charge is 2.19. The van der Waals surface area contributed by atoms with E-state index >= 15 is 0 Å². The van der Waals surface area contributed by atoms with Crippen LogP contribution in [0.4, 0.5) is 4.39 Å². The molecule has 44 heavy (non-hydrogen) atoms. The number of ether oxygens (including phenoxy) is 1. The molecule has 0 atom stereocenters. The van der Waals surface area contributed by atoms with Crippen molar-refractivity contribution >= 4 is 11.6 Å². The lowest BCUT2D eigenvalue weighted by Crippen LogP contribution is -2.40. The predicted molar refractivity (Wildman–Crippen MR) is 161 cm³/mol. The summed E-state index contributed by atoms with van der Waals surface area (Å²) >= 11 is 0. The minimum absolute atomic E-state index is 0.0307. The molecule has 222 valence electrons. The van der Waals surface area contributed by atoms with Crippen molar-refractivity contribution < 1.29 is 19.0 Å². The number of phenolic OH excluding ortho intramolecular Hbond substituents is 1. The first-order valence-corrected chi connectivity index (χ1v) is 13.9. The quantitative estimate of drug-likeness (QED) is 0.287. The van der Waals surface area contributed by atoms with Gasteiger partial charge < -0.3 is 14.7 Å². The summed E-state index contributed by atoms with van der Waals surface area (Å²) in [6.45, 7) is 2.39. The summed E-state index contributed by atoms with van der Waals surface area (Å²) in [5, 5.41) is 22.8. The molecule has 5 aromatic rings. The molecule has 1 amide bonds. The van der Waals surface area contributed by atoms with E-state index in [2.05, 4.69) is 20.4 Å². The van der Waals surface area contributed by atoms with E-state index < -0.39 is 5.82 Å². The molecule has 0 unspecified atom stereocenters. The maximum absolute atomic E-state index is 13.8. The Morgan fingerprint density at radius 1 is 1.00 bits per heavy atom. The van der Waals surface area contributed by atoms with Crippen molar-refractivity contribution in [3.8, 4) is 22.7 Å².